The molecule has 0 unspecified atom stereocenters. The molecule has 0 aromatic rings. The van der Waals surface area contributed by atoms with Crippen LogP contribution in [-0.4, -0.2) is 13.4 Å². The average molecular weight is 139 g/mol. The molecule has 0 aliphatic heterocycles. The molecule has 0 saturated heterocycles. The Morgan fingerprint density at radius 3 is 2.57 bits per heavy atom. The van der Waals surface area contributed by atoms with Crippen molar-refractivity contribution in [2.45, 2.75) is 0 Å². The van der Waals surface area contributed by atoms with E-state index in [4.69, 9.17) is 11.6 Å². The molecule has 0 aromatic heterocycles. The second kappa shape index (κ2) is 4.34. The molecular weight excluding hydrogens is 132 g/mol. The number of methoxy groups -OCH3 is 1. The minimum atomic E-state index is 0.669. The van der Waals surface area contributed by atoms with Gasteiger partial charge in [0.05, 0.1) is 7.11 Å². The summed E-state index contributed by atoms with van der Waals surface area (Å²) in [5.74, 6) is 0. The summed E-state index contributed by atoms with van der Waals surface area (Å²) in [6.45, 7) is 0. The molecule has 3 heteroatoms. The van der Waals surface area contributed by atoms with Gasteiger partial charge in [-0.15, -0.1) is 11.8 Å². The van der Waals surface area contributed by atoms with Crippen molar-refractivity contribution >= 4 is 23.4 Å². The zero-order chi connectivity index (χ0) is 5.70. The fourth-order valence-corrected chi connectivity index (χ4v) is 0.422. The van der Waals surface area contributed by atoms with E-state index in [0.717, 1.165) is 0 Å². The van der Waals surface area contributed by atoms with Crippen molar-refractivity contribution < 1.29 is 4.74 Å². The first-order valence-corrected chi connectivity index (χ1v) is 3.34. The molecule has 7 heavy (non-hydrogen) atoms. The van der Waals surface area contributed by atoms with Crippen molar-refractivity contribution in [3.63, 3.8) is 0 Å². The maximum absolute atomic E-state index is 5.46. The number of rotatable bonds is 2. The molecule has 0 atom stereocenters. The van der Waals surface area contributed by atoms with Crippen LogP contribution in [0.4, 0.5) is 0 Å². The molecule has 42 valence electrons. The highest BCUT2D eigenvalue weighted by Crippen LogP contribution is 2.14. The van der Waals surface area contributed by atoms with Crippen LogP contribution >= 0.6 is 23.4 Å². The number of ether oxygens (including phenoxy) is 1. The van der Waals surface area contributed by atoms with Gasteiger partial charge in [-0.3, -0.25) is 0 Å². The van der Waals surface area contributed by atoms with Crippen molar-refractivity contribution in [2.24, 2.45) is 0 Å². The van der Waals surface area contributed by atoms with E-state index < -0.39 is 0 Å². The largest absolute Gasteiger partial charge is 0.502 e. The molecule has 0 fully saturated rings. The van der Waals surface area contributed by atoms with E-state index in [1.54, 1.807) is 7.11 Å². The predicted octanol–water partition coefficient (Wildman–Crippen LogP) is 2.03. The van der Waals surface area contributed by atoms with Gasteiger partial charge in [-0.05, 0) is 6.26 Å². The first-order chi connectivity index (χ1) is 3.31. The lowest BCUT2D eigenvalue weighted by Gasteiger charge is -1.87. The van der Waals surface area contributed by atoms with Crippen LogP contribution in [0.2, 0.25) is 0 Å². The molecule has 0 aliphatic carbocycles. The van der Waals surface area contributed by atoms with Crippen LogP contribution in [0.5, 0.6) is 0 Å². The zero-order valence-electron chi connectivity index (χ0n) is 4.27. The number of halogens is 1. The minimum Gasteiger partial charge on any atom is -0.502 e. The predicted molar refractivity (Wildman–Crippen MR) is 34.5 cm³/mol. The first kappa shape index (κ1) is 7.18. The fourth-order valence-electron chi connectivity index (χ4n) is 0.141. The lowest BCUT2D eigenvalue weighted by molar-refractivity contribution is 0.338. The fraction of sp³-hybridized carbons (Fsp3) is 0.500. The highest BCUT2D eigenvalue weighted by Gasteiger charge is 1.81. The maximum Gasteiger partial charge on any atom is 0.108 e. The van der Waals surface area contributed by atoms with Gasteiger partial charge in [-0.2, -0.15) is 0 Å². The summed E-state index contributed by atoms with van der Waals surface area (Å²) in [5.41, 5.74) is 0. The van der Waals surface area contributed by atoms with E-state index in [-0.39, 0.29) is 0 Å². The van der Waals surface area contributed by atoms with Crippen LogP contribution in [0.15, 0.2) is 10.6 Å². The second-order valence-corrected chi connectivity index (χ2v) is 2.34. The Morgan fingerprint density at radius 2 is 2.43 bits per heavy atom. The summed E-state index contributed by atoms with van der Waals surface area (Å²) in [5, 5.41) is 0. The third-order valence-corrected chi connectivity index (χ3v) is 1.44. The Balaban J connectivity index is 3.29. The molecule has 0 bridgehead atoms. The number of thioether (sulfide) groups is 1. The highest BCUT2D eigenvalue weighted by molar-refractivity contribution is 8.03. The number of hydrogen-bond acceptors (Lipinski definition) is 2. The number of hydrogen-bond donors (Lipinski definition) is 0. The van der Waals surface area contributed by atoms with Crippen LogP contribution in [0.25, 0.3) is 0 Å². The van der Waals surface area contributed by atoms with Gasteiger partial charge in [0.2, 0.25) is 0 Å². The maximum atomic E-state index is 5.46. The molecule has 0 spiro atoms. The second-order valence-electron chi connectivity index (χ2n) is 0.862. The van der Waals surface area contributed by atoms with Crippen molar-refractivity contribution in [3.8, 4) is 0 Å². The van der Waals surface area contributed by atoms with E-state index in [2.05, 4.69) is 4.74 Å². The third-order valence-electron chi connectivity index (χ3n) is 0.406. The van der Waals surface area contributed by atoms with E-state index in [1.807, 2.05) is 6.26 Å². The van der Waals surface area contributed by atoms with Crippen LogP contribution in [0, 0.1) is 0 Å². The van der Waals surface area contributed by atoms with E-state index in [1.165, 1.54) is 18.0 Å². The standard InChI is InChI=1S/C4H7ClOS/c1-6-3-4(5)7-2/h3H,1-2H3/b4-3+. The molecule has 0 amide bonds. The van der Waals surface area contributed by atoms with Gasteiger partial charge in [-0.25, -0.2) is 0 Å². The zero-order valence-corrected chi connectivity index (χ0v) is 5.84. The normalized spacial score (nSPS) is 11.6. The molecular formula is C4H7ClOS. The molecule has 0 rings (SSSR count). The molecule has 0 radical (unpaired) electrons. The van der Waals surface area contributed by atoms with Gasteiger partial charge in [0.15, 0.2) is 0 Å². The summed E-state index contributed by atoms with van der Waals surface area (Å²) in [4.78, 5) is 0. The minimum absolute atomic E-state index is 0.669. The smallest absolute Gasteiger partial charge is 0.108 e. The summed E-state index contributed by atoms with van der Waals surface area (Å²) >= 11 is 6.92. The van der Waals surface area contributed by atoms with Gasteiger partial charge in [0, 0.05) is 0 Å². The summed E-state index contributed by atoms with van der Waals surface area (Å²) in [7, 11) is 1.57. The quantitative estimate of drug-likeness (QED) is 0.540. The van der Waals surface area contributed by atoms with E-state index in [9.17, 15) is 0 Å². The van der Waals surface area contributed by atoms with E-state index >= 15 is 0 Å². The molecule has 1 nitrogen and oxygen atoms in total. The Kier molecular flexibility index (Phi) is 4.45. The summed E-state index contributed by atoms with van der Waals surface area (Å²) in [6.07, 6.45) is 3.38. The SMILES string of the molecule is CO/C=C(\Cl)SC. The summed E-state index contributed by atoms with van der Waals surface area (Å²) < 4.78 is 5.25. The van der Waals surface area contributed by atoms with Crippen LogP contribution in [0.3, 0.4) is 0 Å². The Bertz CT molecular complexity index is 72.1. The first-order valence-electron chi connectivity index (χ1n) is 1.73. The lowest BCUT2D eigenvalue weighted by atomic mass is 11.1. The Labute approximate surface area is 52.7 Å². The van der Waals surface area contributed by atoms with Crippen molar-refractivity contribution in [3.05, 3.63) is 10.6 Å². The molecule has 0 heterocycles. The topological polar surface area (TPSA) is 9.23 Å². The van der Waals surface area contributed by atoms with Crippen molar-refractivity contribution in [1.82, 2.24) is 0 Å². The lowest BCUT2D eigenvalue weighted by Crippen LogP contribution is -1.64. The van der Waals surface area contributed by atoms with Gasteiger partial charge < -0.3 is 4.74 Å². The van der Waals surface area contributed by atoms with Crippen LogP contribution in [0.1, 0.15) is 0 Å². The molecule has 0 aromatic carbocycles. The van der Waals surface area contributed by atoms with E-state index in [0.29, 0.717) is 4.36 Å². The Hall–Kier alpha value is 0.180. The molecule has 0 aliphatic rings. The molecule has 0 saturated carbocycles. The van der Waals surface area contributed by atoms with Gasteiger partial charge in [-0.1, -0.05) is 11.6 Å². The van der Waals surface area contributed by atoms with Gasteiger partial charge >= 0.3 is 0 Å². The third kappa shape index (κ3) is 4.02. The van der Waals surface area contributed by atoms with Crippen LogP contribution < -0.4 is 0 Å². The highest BCUT2D eigenvalue weighted by atomic mass is 35.5. The van der Waals surface area contributed by atoms with Crippen LogP contribution in [-0.2, 0) is 4.74 Å². The average Bonchev–Trinajstić information content (AvgIpc) is 1.68. The van der Waals surface area contributed by atoms with Gasteiger partial charge in [0.1, 0.15) is 10.6 Å². The van der Waals surface area contributed by atoms with Crippen molar-refractivity contribution in [2.75, 3.05) is 13.4 Å². The summed E-state index contributed by atoms with van der Waals surface area (Å²) in [6, 6.07) is 0. The van der Waals surface area contributed by atoms with Gasteiger partial charge in [0.25, 0.3) is 0 Å². The monoisotopic (exact) mass is 138 g/mol. The molecule has 0 N–H and O–H groups in total. The Morgan fingerprint density at radius 1 is 1.86 bits per heavy atom. The van der Waals surface area contributed by atoms with Crippen molar-refractivity contribution in [1.29, 1.82) is 0 Å².